The van der Waals surface area contributed by atoms with Crippen molar-refractivity contribution in [3.63, 3.8) is 0 Å². The van der Waals surface area contributed by atoms with Crippen LogP contribution >= 0.6 is 0 Å². The van der Waals surface area contributed by atoms with Gasteiger partial charge in [0.1, 0.15) is 0 Å². The van der Waals surface area contributed by atoms with Crippen molar-refractivity contribution in [2.75, 3.05) is 27.2 Å². The lowest BCUT2D eigenvalue weighted by atomic mass is 10.00. The second-order valence-electron chi connectivity index (χ2n) is 5.30. The van der Waals surface area contributed by atoms with Gasteiger partial charge in [0.05, 0.1) is 0 Å². The topological polar surface area (TPSA) is 15.3 Å². The van der Waals surface area contributed by atoms with Crippen molar-refractivity contribution >= 4 is 0 Å². The molecule has 1 rings (SSSR count). The third-order valence-corrected chi connectivity index (χ3v) is 3.61. The molecule has 0 heterocycles. The molecule has 1 N–H and O–H groups in total. The van der Waals surface area contributed by atoms with Gasteiger partial charge in [-0.15, -0.1) is 0 Å². The zero-order valence-electron chi connectivity index (χ0n) is 10.8. The van der Waals surface area contributed by atoms with Gasteiger partial charge < -0.3 is 10.2 Å². The molecule has 1 fully saturated rings. The number of hydrogen-bond acceptors (Lipinski definition) is 2. The minimum atomic E-state index is 0.742. The monoisotopic (exact) mass is 212 g/mol. The molecule has 0 saturated heterocycles. The summed E-state index contributed by atoms with van der Waals surface area (Å²) in [5.74, 6) is 0.957. The first-order valence-electron chi connectivity index (χ1n) is 6.58. The molecular formula is C13H28N2. The van der Waals surface area contributed by atoms with Crippen molar-refractivity contribution in [3.05, 3.63) is 0 Å². The number of hydrogen-bond donors (Lipinski definition) is 1. The molecule has 2 nitrogen and oxygen atoms in total. The van der Waals surface area contributed by atoms with Gasteiger partial charge in [-0.05, 0) is 65.7 Å². The Kier molecular flexibility index (Phi) is 6.26. The van der Waals surface area contributed by atoms with Crippen molar-refractivity contribution < 1.29 is 0 Å². The average Bonchev–Trinajstić information content (AvgIpc) is 2.69. The minimum absolute atomic E-state index is 0.742. The molecule has 0 bridgehead atoms. The van der Waals surface area contributed by atoms with E-state index in [1.165, 1.54) is 51.6 Å². The summed E-state index contributed by atoms with van der Waals surface area (Å²) >= 11 is 0. The predicted molar refractivity (Wildman–Crippen MR) is 67.2 cm³/mol. The van der Waals surface area contributed by atoms with E-state index in [-0.39, 0.29) is 0 Å². The maximum Gasteiger partial charge on any atom is 0.00669 e. The summed E-state index contributed by atoms with van der Waals surface area (Å²) in [5, 5.41) is 3.68. The second kappa shape index (κ2) is 7.24. The summed E-state index contributed by atoms with van der Waals surface area (Å²) in [6.07, 6.45) is 8.44. The van der Waals surface area contributed by atoms with Crippen molar-refractivity contribution in [3.8, 4) is 0 Å². The van der Waals surface area contributed by atoms with Crippen LogP contribution in [0.15, 0.2) is 0 Å². The zero-order chi connectivity index (χ0) is 11.1. The third kappa shape index (κ3) is 5.53. The first-order valence-corrected chi connectivity index (χ1v) is 6.58. The third-order valence-electron chi connectivity index (χ3n) is 3.61. The molecule has 1 saturated carbocycles. The minimum Gasteiger partial charge on any atom is -0.314 e. The van der Waals surface area contributed by atoms with Crippen LogP contribution in [0.2, 0.25) is 0 Å². The molecule has 0 aromatic carbocycles. The molecule has 1 aliphatic rings. The van der Waals surface area contributed by atoms with Gasteiger partial charge in [0.25, 0.3) is 0 Å². The number of nitrogens with one attached hydrogen (secondary N) is 1. The molecular weight excluding hydrogens is 184 g/mol. The van der Waals surface area contributed by atoms with Crippen LogP contribution in [-0.4, -0.2) is 38.1 Å². The van der Waals surface area contributed by atoms with Crippen LogP contribution < -0.4 is 5.32 Å². The quantitative estimate of drug-likeness (QED) is 0.652. The number of rotatable bonds is 7. The van der Waals surface area contributed by atoms with Crippen LogP contribution in [-0.2, 0) is 0 Å². The van der Waals surface area contributed by atoms with E-state index in [2.05, 4.69) is 31.2 Å². The number of nitrogens with zero attached hydrogens (tertiary/aromatic N) is 1. The van der Waals surface area contributed by atoms with Crippen molar-refractivity contribution in [1.29, 1.82) is 0 Å². The van der Waals surface area contributed by atoms with Gasteiger partial charge in [-0.1, -0.05) is 12.8 Å². The molecule has 0 amide bonds. The van der Waals surface area contributed by atoms with Crippen molar-refractivity contribution in [2.45, 2.75) is 51.5 Å². The molecule has 2 heteroatoms. The van der Waals surface area contributed by atoms with Gasteiger partial charge in [0.2, 0.25) is 0 Å². The Morgan fingerprint density at radius 1 is 1.20 bits per heavy atom. The van der Waals surface area contributed by atoms with E-state index in [0.717, 1.165) is 12.0 Å². The Labute approximate surface area is 95.4 Å². The SMILES string of the molecule is CC(NCCCCN(C)C)C1CCCC1. The van der Waals surface area contributed by atoms with Crippen LogP contribution in [0.4, 0.5) is 0 Å². The highest BCUT2D eigenvalue weighted by molar-refractivity contribution is 4.76. The second-order valence-corrected chi connectivity index (χ2v) is 5.30. The highest BCUT2D eigenvalue weighted by Gasteiger charge is 2.20. The molecule has 1 aliphatic carbocycles. The lowest BCUT2D eigenvalue weighted by Crippen LogP contribution is -2.33. The van der Waals surface area contributed by atoms with E-state index >= 15 is 0 Å². The van der Waals surface area contributed by atoms with Gasteiger partial charge >= 0.3 is 0 Å². The molecule has 1 unspecified atom stereocenters. The molecule has 0 aromatic heterocycles. The first-order chi connectivity index (χ1) is 7.20. The summed E-state index contributed by atoms with van der Waals surface area (Å²) in [6.45, 7) is 4.78. The molecule has 0 aromatic rings. The van der Waals surface area contributed by atoms with Crippen molar-refractivity contribution in [1.82, 2.24) is 10.2 Å². The van der Waals surface area contributed by atoms with Crippen LogP contribution in [0.5, 0.6) is 0 Å². The summed E-state index contributed by atoms with van der Waals surface area (Å²) in [6, 6.07) is 0.742. The molecule has 15 heavy (non-hydrogen) atoms. The standard InChI is InChI=1S/C13H28N2/c1-12(13-8-4-5-9-13)14-10-6-7-11-15(2)3/h12-14H,4-11H2,1-3H3. The van der Waals surface area contributed by atoms with E-state index in [4.69, 9.17) is 0 Å². The van der Waals surface area contributed by atoms with E-state index < -0.39 is 0 Å². The highest BCUT2D eigenvalue weighted by Crippen LogP contribution is 2.27. The molecule has 0 radical (unpaired) electrons. The predicted octanol–water partition coefficient (Wildman–Crippen LogP) is 2.50. The van der Waals surface area contributed by atoms with Crippen LogP contribution in [0.25, 0.3) is 0 Å². The fourth-order valence-electron chi connectivity index (χ4n) is 2.51. The van der Waals surface area contributed by atoms with Gasteiger partial charge in [-0.25, -0.2) is 0 Å². The number of unbranched alkanes of at least 4 members (excludes halogenated alkanes) is 1. The highest BCUT2D eigenvalue weighted by atomic mass is 15.0. The average molecular weight is 212 g/mol. The van der Waals surface area contributed by atoms with E-state index in [0.29, 0.717) is 0 Å². The lowest BCUT2D eigenvalue weighted by molar-refractivity contribution is 0.361. The Bertz CT molecular complexity index is 151. The Morgan fingerprint density at radius 3 is 2.47 bits per heavy atom. The smallest absolute Gasteiger partial charge is 0.00669 e. The van der Waals surface area contributed by atoms with Gasteiger partial charge in [0.15, 0.2) is 0 Å². The van der Waals surface area contributed by atoms with Crippen LogP contribution in [0, 0.1) is 5.92 Å². The van der Waals surface area contributed by atoms with Gasteiger partial charge in [-0.3, -0.25) is 0 Å². The summed E-state index contributed by atoms with van der Waals surface area (Å²) in [7, 11) is 4.29. The maximum atomic E-state index is 3.68. The van der Waals surface area contributed by atoms with E-state index in [1.54, 1.807) is 0 Å². The largest absolute Gasteiger partial charge is 0.314 e. The van der Waals surface area contributed by atoms with Gasteiger partial charge in [0, 0.05) is 6.04 Å². The van der Waals surface area contributed by atoms with Crippen molar-refractivity contribution in [2.24, 2.45) is 5.92 Å². The molecule has 0 aliphatic heterocycles. The first kappa shape index (κ1) is 13.0. The van der Waals surface area contributed by atoms with Gasteiger partial charge in [-0.2, -0.15) is 0 Å². The van der Waals surface area contributed by atoms with Crippen LogP contribution in [0.1, 0.15) is 45.4 Å². The Morgan fingerprint density at radius 2 is 1.87 bits per heavy atom. The zero-order valence-corrected chi connectivity index (χ0v) is 10.8. The molecule has 0 spiro atoms. The molecule has 90 valence electrons. The normalized spacial score (nSPS) is 20.0. The summed E-state index contributed by atoms with van der Waals surface area (Å²) in [4.78, 5) is 2.26. The summed E-state index contributed by atoms with van der Waals surface area (Å²) in [5.41, 5.74) is 0. The lowest BCUT2D eigenvalue weighted by Gasteiger charge is -2.20. The van der Waals surface area contributed by atoms with E-state index in [9.17, 15) is 0 Å². The fraction of sp³-hybridized carbons (Fsp3) is 1.00. The van der Waals surface area contributed by atoms with Crippen LogP contribution in [0.3, 0.4) is 0 Å². The van der Waals surface area contributed by atoms with E-state index in [1.807, 2.05) is 0 Å². The summed E-state index contributed by atoms with van der Waals surface area (Å²) < 4.78 is 0. The maximum absolute atomic E-state index is 3.68. The molecule has 1 atom stereocenters. The fourth-order valence-corrected chi connectivity index (χ4v) is 2.51. The Balaban J connectivity index is 1.94. The Hall–Kier alpha value is -0.0800.